The quantitative estimate of drug-likeness (QED) is 0.139. The molecule has 2 aromatic rings. The van der Waals surface area contributed by atoms with E-state index in [9.17, 15) is 114 Å². The van der Waals surface area contributed by atoms with Crippen LogP contribution in [0.4, 0.5) is 114 Å². The molecule has 0 spiro atoms. The Labute approximate surface area is 329 Å². The number of hydrogen-bond donors (Lipinski definition) is 0. The van der Waals surface area contributed by atoms with Crippen molar-refractivity contribution in [2.45, 2.75) is 110 Å². The molecule has 0 amide bonds. The summed E-state index contributed by atoms with van der Waals surface area (Å²) in [5, 5.41) is 0. The van der Waals surface area contributed by atoms with Gasteiger partial charge in [0.15, 0.2) is 6.29 Å². The molecule has 3 rings (SSSR count). The molecule has 3 nitrogen and oxygen atoms in total. The Bertz CT molecular complexity index is 1730. The van der Waals surface area contributed by atoms with Crippen LogP contribution in [-0.4, -0.2) is 84.8 Å². The molecular weight excluding hydrogens is 938 g/mol. The van der Waals surface area contributed by atoms with E-state index >= 15 is 0 Å². The normalized spacial score (nSPS) is 17.6. The van der Waals surface area contributed by atoms with E-state index in [-0.39, 0.29) is 17.9 Å². The van der Waals surface area contributed by atoms with Crippen molar-refractivity contribution >= 4 is 0 Å². The second-order valence-corrected chi connectivity index (χ2v) is 13.8. The van der Waals surface area contributed by atoms with Crippen LogP contribution in [0, 0.1) is 5.41 Å². The Morgan fingerprint density at radius 2 is 0.823 bits per heavy atom. The summed E-state index contributed by atoms with van der Waals surface area (Å²) >= 11 is 0. The Morgan fingerprint density at radius 1 is 0.452 bits per heavy atom. The average molecular weight is 963 g/mol. The van der Waals surface area contributed by atoms with Crippen LogP contribution in [0.25, 0.3) is 0 Å². The summed E-state index contributed by atoms with van der Waals surface area (Å²) in [5.74, 6) is -79.9. The number of hydrogen-bond acceptors (Lipinski definition) is 3. The van der Waals surface area contributed by atoms with Crippen LogP contribution in [-0.2, 0) is 16.1 Å². The molecule has 1 heterocycles. The van der Waals surface area contributed by atoms with Crippen molar-refractivity contribution in [3.05, 3.63) is 65.7 Å². The maximum atomic E-state index is 14.8. The summed E-state index contributed by atoms with van der Waals surface area (Å²) in [6.45, 7) is -3.50. The second kappa shape index (κ2) is 16.4. The van der Waals surface area contributed by atoms with Crippen molar-refractivity contribution in [1.82, 2.24) is 0 Å². The van der Waals surface area contributed by atoms with Gasteiger partial charge in [0.05, 0.1) is 13.2 Å². The van der Waals surface area contributed by atoms with Gasteiger partial charge >= 0.3 is 71.6 Å². The van der Waals surface area contributed by atoms with E-state index in [0.29, 0.717) is 5.56 Å². The van der Waals surface area contributed by atoms with Gasteiger partial charge in [-0.15, -0.1) is 0 Å². The minimum absolute atomic E-state index is 0.0400. The molecule has 62 heavy (non-hydrogen) atoms. The number of halogens is 26. The zero-order valence-electron chi connectivity index (χ0n) is 29.8. The first kappa shape index (κ1) is 52.7. The molecule has 1 saturated heterocycles. The lowest BCUT2D eigenvalue weighted by molar-refractivity contribution is -0.441. The highest BCUT2D eigenvalue weighted by atomic mass is 19.4. The zero-order valence-corrected chi connectivity index (χ0v) is 29.8. The summed E-state index contributed by atoms with van der Waals surface area (Å²) in [6, 6.07) is 12.6. The van der Waals surface area contributed by atoms with Crippen molar-refractivity contribution in [3.63, 3.8) is 0 Å². The van der Waals surface area contributed by atoms with Gasteiger partial charge in [-0.2, -0.15) is 114 Å². The Balaban J connectivity index is 2.01. The molecule has 0 N–H and O–H groups in total. The average Bonchev–Trinajstić information content (AvgIpc) is 3.15. The Morgan fingerprint density at radius 3 is 1.19 bits per heavy atom. The highest BCUT2D eigenvalue weighted by Crippen LogP contribution is 2.63. The largest absolute Gasteiger partial charge is 0.489 e. The summed E-state index contributed by atoms with van der Waals surface area (Å²) in [4.78, 5) is 0. The Kier molecular flexibility index (Phi) is 13.9. The van der Waals surface area contributed by atoms with Crippen LogP contribution in [0.5, 0.6) is 5.75 Å². The van der Waals surface area contributed by atoms with E-state index in [0.717, 1.165) is 12.1 Å². The van der Waals surface area contributed by atoms with Crippen LogP contribution in [0.1, 0.15) is 43.1 Å². The minimum Gasteiger partial charge on any atom is -0.489 e. The lowest BCUT2D eigenvalue weighted by Crippen LogP contribution is -2.70. The monoisotopic (exact) mass is 962 g/mol. The predicted octanol–water partition coefficient (Wildman–Crippen LogP) is 13.3. The highest BCUT2D eigenvalue weighted by Gasteiger charge is 2.92. The van der Waals surface area contributed by atoms with Crippen molar-refractivity contribution in [2.24, 2.45) is 5.41 Å². The van der Waals surface area contributed by atoms with E-state index in [1.54, 1.807) is 30.3 Å². The van der Waals surface area contributed by atoms with Gasteiger partial charge in [-0.1, -0.05) is 42.5 Å². The third-order valence-corrected chi connectivity index (χ3v) is 9.40. The summed E-state index contributed by atoms with van der Waals surface area (Å²) in [5.41, 5.74) is -2.90. The zero-order chi connectivity index (χ0) is 48.2. The number of alkyl halides is 26. The molecule has 0 bridgehead atoms. The van der Waals surface area contributed by atoms with Crippen LogP contribution in [0.2, 0.25) is 0 Å². The van der Waals surface area contributed by atoms with Gasteiger partial charge < -0.3 is 14.2 Å². The fraction of sp³-hybridized carbons (Fsp3) is 0.636. The fourth-order valence-electron chi connectivity index (χ4n) is 5.46. The molecule has 29 heteroatoms. The van der Waals surface area contributed by atoms with Crippen molar-refractivity contribution in [1.29, 1.82) is 0 Å². The first-order valence-corrected chi connectivity index (χ1v) is 16.5. The van der Waals surface area contributed by atoms with Gasteiger partial charge in [-0.3, -0.25) is 0 Å². The highest BCUT2D eigenvalue weighted by molar-refractivity contribution is 5.30. The molecule has 356 valence electrons. The smallest absolute Gasteiger partial charge is 0.460 e. The van der Waals surface area contributed by atoms with E-state index in [1.807, 2.05) is 0 Å². The topological polar surface area (TPSA) is 27.7 Å². The molecule has 0 unspecified atom stereocenters. The predicted molar refractivity (Wildman–Crippen MR) is 154 cm³/mol. The molecule has 0 atom stereocenters. The molecule has 1 aliphatic rings. The summed E-state index contributed by atoms with van der Waals surface area (Å²) < 4.78 is 372. The fourth-order valence-corrected chi connectivity index (χ4v) is 5.46. The summed E-state index contributed by atoms with van der Waals surface area (Å²) in [6.07, 6.45) is -28.7. The lowest BCUT2D eigenvalue weighted by atomic mass is 9.76. The van der Waals surface area contributed by atoms with E-state index in [1.165, 1.54) is 12.1 Å². The maximum Gasteiger partial charge on any atom is 0.460 e. The third-order valence-electron chi connectivity index (χ3n) is 9.40. The SMILES string of the molecule is FC(F)(F)C(F)(F)C(F)(F)C(F)(F)C(F)(F)C(F)(F)CCC1(CCC(F)(F)C(F)(F)C(F)(F)C(F)(F)C(F)(F)C(F)(F)F)COC(c2cccc(OCc3ccccc3)c2)OC1. The summed E-state index contributed by atoms with van der Waals surface area (Å²) in [7, 11) is 0. The first-order chi connectivity index (χ1) is 27.5. The molecular formula is C33H24F26O3. The molecule has 0 aromatic heterocycles. The van der Waals surface area contributed by atoms with Crippen molar-refractivity contribution in [3.8, 4) is 5.75 Å². The van der Waals surface area contributed by atoms with Gasteiger partial charge in [0.2, 0.25) is 0 Å². The van der Waals surface area contributed by atoms with Crippen LogP contribution in [0.3, 0.4) is 0 Å². The molecule has 0 radical (unpaired) electrons. The molecule has 1 aliphatic heterocycles. The lowest BCUT2D eigenvalue weighted by Gasteiger charge is -2.44. The number of rotatable bonds is 18. The van der Waals surface area contributed by atoms with Gasteiger partial charge in [0.25, 0.3) is 0 Å². The molecule has 1 fully saturated rings. The molecule has 0 saturated carbocycles. The second-order valence-electron chi connectivity index (χ2n) is 13.8. The van der Waals surface area contributed by atoms with Crippen molar-refractivity contribution in [2.75, 3.05) is 13.2 Å². The molecule has 0 aliphatic carbocycles. The van der Waals surface area contributed by atoms with E-state index in [4.69, 9.17) is 14.2 Å². The van der Waals surface area contributed by atoms with Crippen molar-refractivity contribution < 1.29 is 128 Å². The van der Waals surface area contributed by atoms with Crippen LogP contribution < -0.4 is 4.74 Å². The minimum atomic E-state index is -8.41. The van der Waals surface area contributed by atoms with E-state index < -0.39 is 122 Å². The number of ether oxygens (including phenoxy) is 3. The van der Waals surface area contributed by atoms with Crippen LogP contribution in [0.15, 0.2) is 54.6 Å². The van der Waals surface area contributed by atoms with Gasteiger partial charge in [-0.25, -0.2) is 0 Å². The third kappa shape index (κ3) is 8.89. The maximum absolute atomic E-state index is 14.8. The van der Waals surface area contributed by atoms with Gasteiger partial charge in [0.1, 0.15) is 12.4 Å². The Hall–Kier alpha value is -3.66. The number of benzene rings is 2. The van der Waals surface area contributed by atoms with Gasteiger partial charge in [-0.05, 0) is 30.5 Å². The first-order valence-electron chi connectivity index (χ1n) is 16.5. The standard InChI is InChI=1S/C33H24F26O3/c34-22(35,24(38,39)26(42,43)28(46,47)30(50,51)32(54,55)56)11-9-21(10-12-23(36,37)25(40,41)27(44,45)29(48,49)31(52,53)33(57,58)59)15-61-20(62-16-21)18-7-4-8-19(13-18)60-14-17-5-2-1-3-6-17/h1-8,13,20H,9-12,14-16H2. The molecule has 2 aromatic carbocycles. The van der Waals surface area contributed by atoms with Gasteiger partial charge in [0, 0.05) is 23.8 Å². The van der Waals surface area contributed by atoms with E-state index in [2.05, 4.69) is 0 Å². The van der Waals surface area contributed by atoms with Crippen LogP contribution >= 0.6 is 0 Å².